The molecule has 1 aromatic rings. The molecule has 2 rings (SSSR count). The van der Waals surface area contributed by atoms with E-state index in [1.54, 1.807) is 6.07 Å². The fourth-order valence-corrected chi connectivity index (χ4v) is 2.64. The van der Waals surface area contributed by atoms with Crippen molar-refractivity contribution in [1.82, 2.24) is 4.90 Å². The Morgan fingerprint density at radius 3 is 2.90 bits per heavy atom. The first kappa shape index (κ1) is 15.1. The Kier molecular flexibility index (Phi) is 5.26. The van der Waals surface area contributed by atoms with Crippen LogP contribution < -0.4 is 4.74 Å². The van der Waals surface area contributed by atoms with Gasteiger partial charge in [0.15, 0.2) is 11.5 Å². The molecule has 1 N–H and O–H groups in total. The second-order valence-corrected chi connectivity index (χ2v) is 5.37. The number of ether oxygens (including phenoxy) is 2. The fraction of sp³-hybridized carbons (Fsp3) is 0.625. The molecule has 112 valence electrons. The van der Waals surface area contributed by atoms with Crippen LogP contribution in [0.25, 0.3) is 0 Å². The van der Waals surface area contributed by atoms with Crippen LogP contribution in [-0.4, -0.2) is 41.9 Å². The molecule has 0 radical (unpaired) electrons. The van der Waals surface area contributed by atoms with Gasteiger partial charge in [0.1, 0.15) is 0 Å². The van der Waals surface area contributed by atoms with Crippen LogP contribution in [0.3, 0.4) is 0 Å². The Morgan fingerprint density at radius 1 is 1.40 bits per heavy atom. The summed E-state index contributed by atoms with van der Waals surface area (Å²) in [4.78, 5) is 2.45. The molecule has 1 saturated heterocycles. The molecule has 1 heterocycles. The maximum absolute atomic E-state index is 9.75. The molecular formula is C16H25NO3. The first-order chi connectivity index (χ1) is 9.63. The number of rotatable bonds is 5. The topological polar surface area (TPSA) is 41.9 Å². The summed E-state index contributed by atoms with van der Waals surface area (Å²) in [6.45, 7) is 9.40. The van der Waals surface area contributed by atoms with Gasteiger partial charge in [0, 0.05) is 19.1 Å². The lowest BCUT2D eigenvalue weighted by Crippen LogP contribution is -2.47. The van der Waals surface area contributed by atoms with Crippen molar-refractivity contribution in [2.45, 2.75) is 45.9 Å². The molecule has 4 heteroatoms. The number of morpholine rings is 1. The van der Waals surface area contributed by atoms with Gasteiger partial charge in [-0.3, -0.25) is 4.90 Å². The monoisotopic (exact) mass is 279 g/mol. The van der Waals surface area contributed by atoms with Gasteiger partial charge < -0.3 is 14.6 Å². The molecule has 2 unspecified atom stereocenters. The van der Waals surface area contributed by atoms with E-state index >= 15 is 0 Å². The third-order valence-corrected chi connectivity index (χ3v) is 3.76. The number of hydrogen-bond acceptors (Lipinski definition) is 4. The van der Waals surface area contributed by atoms with Crippen molar-refractivity contribution in [3.63, 3.8) is 0 Å². The maximum atomic E-state index is 9.75. The van der Waals surface area contributed by atoms with Gasteiger partial charge in [-0.25, -0.2) is 0 Å². The predicted molar refractivity (Wildman–Crippen MR) is 79.2 cm³/mol. The lowest BCUT2D eigenvalue weighted by Gasteiger charge is -2.38. The Morgan fingerprint density at radius 2 is 2.20 bits per heavy atom. The molecular weight excluding hydrogens is 254 g/mol. The predicted octanol–water partition coefficient (Wildman–Crippen LogP) is 2.79. The minimum Gasteiger partial charge on any atom is -0.504 e. The van der Waals surface area contributed by atoms with Crippen LogP contribution in [0.2, 0.25) is 0 Å². The van der Waals surface area contributed by atoms with E-state index in [1.165, 1.54) is 5.56 Å². The van der Waals surface area contributed by atoms with E-state index < -0.39 is 0 Å². The van der Waals surface area contributed by atoms with Crippen LogP contribution in [0, 0.1) is 0 Å². The van der Waals surface area contributed by atoms with E-state index in [0.29, 0.717) is 18.4 Å². The van der Waals surface area contributed by atoms with Crippen LogP contribution in [-0.2, 0) is 11.3 Å². The highest BCUT2D eigenvalue weighted by molar-refractivity contribution is 5.41. The molecule has 0 amide bonds. The second-order valence-electron chi connectivity index (χ2n) is 5.37. The van der Waals surface area contributed by atoms with Crippen LogP contribution in [0.15, 0.2) is 18.2 Å². The molecule has 0 saturated carbocycles. The van der Waals surface area contributed by atoms with E-state index in [-0.39, 0.29) is 11.9 Å². The molecule has 0 spiro atoms. The first-order valence-corrected chi connectivity index (χ1v) is 7.44. The van der Waals surface area contributed by atoms with Gasteiger partial charge >= 0.3 is 0 Å². The zero-order chi connectivity index (χ0) is 14.5. The number of hydrogen-bond donors (Lipinski definition) is 1. The standard InChI is InChI=1S/C16H25NO3/c1-4-14-11-20-12(3)9-17(14)10-13-6-7-15(18)16(8-13)19-5-2/h6-8,12,14,18H,4-5,9-11H2,1-3H3. The van der Waals surface area contributed by atoms with E-state index in [0.717, 1.165) is 26.1 Å². The summed E-state index contributed by atoms with van der Waals surface area (Å²) < 4.78 is 11.2. The van der Waals surface area contributed by atoms with Crippen molar-refractivity contribution in [2.24, 2.45) is 0 Å². The molecule has 20 heavy (non-hydrogen) atoms. The van der Waals surface area contributed by atoms with Crippen LogP contribution in [0.1, 0.15) is 32.8 Å². The zero-order valence-corrected chi connectivity index (χ0v) is 12.6. The minimum atomic E-state index is 0.206. The third kappa shape index (κ3) is 3.64. The summed E-state index contributed by atoms with van der Waals surface area (Å²) in [7, 11) is 0. The smallest absolute Gasteiger partial charge is 0.161 e. The highest BCUT2D eigenvalue weighted by Gasteiger charge is 2.25. The Hall–Kier alpha value is -1.26. The molecule has 0 aliphatic carbocycles. The number of phenolic OH excluding ortho intramolecular Hbond substituents is 1. The van der Waals surface area contributed by atoms with Crippen molar-refractivity contribution >= 4 is 0 Å². The summed E-state index contributed by atoms with van der Waals surface area (Å²) >= 11 is 0. The van der Waals surface area contributed by atoms with E-state index in [2.05, 4.69) is 18.7 Å². The Balaban J connectivity index is 2.09. The minimum absolute atomic E-state index is 0.206. The average molecular weight is 279 g/mol. The van der Waals surface area contributed by atoms with Gasteiger partial charge in [-0.05, 0) is 38.0 Å². The Labute approximate surface area is 121 Å². The third-order valence-electron chi connectivity index (χ3n) is 3.76. The molecule has 1 aromatic carbocycles. The van der Waals surface area contributed by atoms with Gasteiger partial charge in [0.05, 0.1) is 19.3 Å². The summed E-state index contributed by atoms with van der Waals surface area (Å²) in [5.41, 5.74) is 1.17. The van der Waals surface area contributed by atoms with Crippen LogP contribution >= 0.6 is 0 Å². The molecule has 1 aliphatic heterocycles. The highest BCUT2D eigenvalue weighted by atomic mass is 16.5. The van der Waals surface area contributed by atoms with Gasteiger partial charge in [-0.15, -0.1) is 0 Å². The van der Waals surface area contributed by atoms with Gasteiger partial charge in [0.25, 0.3) is 0 Å². The van der Waals surface area contributed by atoms with Gasteiger partial charge in [0.2, 0.25) is 0 Å². The van der Waals surface area contributed by atoms with Crippen molar-refractivity contribution in [3.8, 4) is 11.5 Å². The zero-order valence-electron chi connectivity index (χ0n) is 12.6. The van der Waals surface area contributed by atoms with Crippen molar-refractivity contribution in [2.75, 3.05) is 19.8 Å². The number of benzene rings is 1. The van der Waals surface area contributed by atoms with Gasteiger partial charge in [-0.2, -0.15) is 0 Å². The highest BCUT2D eigenvalue weighted by Crippen LogP contribution is 2.28. The summed E-state index contributed by atoms with van der Waals surface area (Å²) in [5, 5.41) is 9.75. The van der Waals surface area contributed by atoms with E-state index in [9.17, 15) is 5.11 Å². The molecule has 1 aliphatic rings. The van der Waals surface area contributed by atoms with Crippen molar-refractivity contribution < 1.29 is 14.6 Å². The largest absolute Gasteiger partial charge is 0.504 e. The van der Waals surface area contributed by atoms with E-state index in [4.69, 9.17) is 9.47 Å². The molecule has 0 aromatic heterocycles. The number of nitrogens with zero attached hydrogens (tertiary/aromatic N) is 1. The Bertz CT molecular complexity index is 436. The van der Waals surface area contributed by atoms with Crippen LogP contribution in [0.4, 0.5) is 0 Å². The summed E-state index contributed by atoms with van der Waals surface area (Å²) in [6, 6.07) is 6.08. The molecule has 0 bridgehead atoms. The first-order valence-electron chi connectivity index (χ1n) is 7.44. The van der Waals surface area contributed by atoms with E-state index in [1.807, 2.05) is 19.1 Å². The number of aromatic hydroxyl groups is 1. The second kappa shape index (κ2) is 6.95. The maximum Gasteiger partial charge on any atom is 0.161 e. The van der Waals surface area contributed by atoms with Crippen LogP contribution in [0.5, 0.6) is 11.5 Å². The molecule has 2 atom stereocenters. The SMILES string of the molecule is CCOc1cc(CN2CC(C)OCC2CC)ccc1O. The quantitative estimate of drug-likeness (QED) is 0.900. The lowest BCUT2D eigenvalue weighted by atomic mass is 10.1. The summed E-state index contributed by atoms with van der Waals surface area (Å²) in [5.74, 6) is 0.775. The average Bonchev–Trinajstić information content (AvgIpc) is 2.43. The lowest BCUT2D eigenvalue weighted by molar-refractivity contribution is -0.0592. The van der Waals surface area contributed by atoms with Gasteiger partial charge in [-0.1, -0.05) is 13.0 Å². The number of phenols is 1. The molecule has 1 fully saturated rings. The molecule has 4 nitrogen and oxygen atoms in total. The summed E-state index contributed by atoms with van der Waals surface area (Å²) in [6.07, 6.45) is 1.37. The fourth-order valence-electron chi connectivity index (χ4n) is 2.64. The van der Waals surface area contributed by atoms with Crippen molar-refractivity contribution in [3.05, 3.63) is 23.8 Å². The normalized spacial score (nSPS) is 23.8. The van der Waals surface area contributed by atoms with Crippen molar-refractivity contribution in [1.29, 1.82) is 0 Å².